The topological polar surface area (TPSA) is 73.5 Å². The van der Waals surface area contributed by atoms with Gasteiger partial charge in [0.1, 0.15) is 12.1 Å². The minimum Gasteiger partial charge on any atom is -0.366 e. The van der Waals surface area contributed by atoms with Crippen molar-refractivity contribution in [2.75, 3.05) is 5.32 Å². The number of nitrogens with one attached hydrogen (secondary N) is 1. The van der Waals surface area contributed by atoms with E-state index in [2.05, 4.69) is 51.0 Å². The van der Waals surface area contributed by atoms with Crippen LogP contribution < -0.4 is 5.32 Å². The number of nitrogens with zero attached hydrogens (tertiary/aromatic N) is 6. The molecule has 0 saturated carbocycles. The lowest BCUT2D eigenvalue weighted by Crippen LogP contribution is -2.05. The van der Waals surface area contributed by atoms with Gasteiger partial charge in [0.25, 0.3) is 0 Å². The third-order valence-electron chi connectivity index (χ3n) is 4.15. The number of aryl methyl sites for hydroxylation is 3. The van der Waals surface area contributed by atoms with Crippen molar-refractivity contribution >= 4 is 5.82 Å². The molecular formula is C17H23N7. The fraction of sp³-hybridized carbons (Fsp3) is 0.412. The molecule has 0 spiro atoms. The second-order valence-corrected chi connectivity index (χ2v) is 5.92. The zero-order valence-electron chi connectivity index (χ0n) is 14.6. The van der Waals surface area contributed by atoms with Crippen molar-refractivity contribution < 1.29 is 0 Å². The second kappa shape index (κ2) is 6.82. The van der Waals surface area contributed by atoms with Crippen molar-refractivity contribution in [1.29, 1.82) is 0 Å². The van der Waals surface area contributed by atoms with Crippen LogP contribution in [0.2, 0.25) is 0 Å². The monoisotopic (exact) mass is 325 g/mol. The van der Waals surface area contributed by atoms with E-state index in [1.807, 2.05) is 29.9 Å². The van der Waals surface area contributed by atoms with Crippen LogP contribution in [0.3, 0.4) is 0 Å². The standard InChI is InChI=1S/C17H23N7/c1-5-8-24-13(3)15(12(2)22-24)10-19-16-7-6-14(9-18-16)17-21-20-11-23(17)4/h6-7,9,11H,5,8,10H2,1-4H3,(H,18,19). The van der Waals surface area contributed by atoms with Gasteiger partial charge in [-0.1, -0.05) is 6.92 Å². The number of aromatic nitrogens is 6. The summed E-state index contributed by atoms with van der Waals surface area (Å²) in [5, 5.41) is 16.0. The summed E-state index contributed by atoms with van der Waals surface area (Å²) in [7, 11) is 1.92. The summed E-state index contributed by atoms with van der Waals surface area (Å²) >= 11 is 0. The van der Waals surface area contributed by atoms with Crippen molar-refractivity contribution in [3.63, 3.8) is 0 Å². The van der Waals surface area contributed by atoms with E-state index in [0.29, 0.717) is 0 Å². The van der Waals surface area contributed by atoms with Gasteiger partial charge in [0, 0.05) is 43.2 Å². The maximum atomic E-state index is 4.61. The van der Waals surface area contributed by atoms with Gasteiger partial charge in [0.05, 0.1) is 5.69 Å². The predicted molar refractivity (Wildman–Crippen MR) is 93.6 cm³/mol. The van der Waals surface area contributed by atoms with Crippen LogP contribution in [0.5, 0.6) is 0 Å². The molecule has 3 rings (SSSR count). The number of hydrogen-bond donors (Lipinski definition) is 1. The molecule has 7 heteroatoms. The number of hydrogen-bond acceptors (Lipinski definition) is 5. The molecule has 0 aliphatic rings. The molecule has 0 bridgehead atoms. The molecule has 3 aromatic heterocycles. The molecule has 24 heavy (non-hydrogen) atoms. The van der Waals surface area contributed by atoms with Crippen molar-refractivity contribution in [3.05, 3.63) is 41.6 Å². The quantitative estimate of drug-likeness (QED) is 0.754. The van der Waals surface area contributed by atoms with Crippen molar-refractivity contribution in [1.82, 2.24) is 29.5 Å². The summed E-state index contributed by atoms with van der Waals surface area (Å²) in [6, 6.07) is 3.96. The van der Waals surface area contributed by atoms with Gasteiger partial charge in [0.2, 0.25) is 0 Å². The lowest BCUT2D eigenvalue weighted by atomic mass is 10.2. The summed E-state index contributed by atoms with van der Waals surface area (Å²) in [5.74, 6) is 1.64. The number of rotatable bonds is 6. The molecule has 3 heterocycles. The summed E-state index contributed by atoms with van der Waals surface area (Å²) in [5.41, 5.74) is 4.48. The highest BCUT2D eigenvalue weighted by Crippen LogP contribution is 2.18. The first-order chi connectivity index (χ1) is 11.6. The van der Waals surface area contributed by atoms with E-state index in [-0.39, 0.29) is 0 Å². The van der Waals surface area contributed by atoms with E-state index in [0.717, 1.165) is 42.4 Å². The Bertz CT molecular complexity index is 814. The van der Waals surface area contributed by atoms with Gasteiger partial charge in [-0.25, -0.2) is 4.98 Å². The first-order valence-electron chi connectivity index (χ1n) is 8.17. The summed E-state index contributed by atoms with van der Waals surface area (Å²) in [6.07, 6.45) is 4.58. The van der Waals surface area contributed by atoms with Crippen LogP contribution in [0.15, 0.2) is 24.7 Å². The first kappa shape index (κ1) is 16.2. The highest BCUT2D eigenvalue weighted by Gasteiger charge is 2.11. The van der Waals surface area contributed by atoms with Gasteiger partial charge in [-0.15, -0.1) is 10.2 Å². The van der Waals surface area contributed by atoms with E-state index in [1.165, 1.54) is 11.3 Å². The molecule has 1 N–H and O–H groups in total. The molecule has 0 amide bonds. The Kier molecular flexibility index (Phi) is 4.59. The second-order valence-electron chi connectivity index (χ2n) is 5.92. The summed E-state index contributed by atoms with van der Waals surface area (Å²) in [6.45, 7) is 8.02. The zero-order valence-corrected chi connectivity index (χ0v) is 14.6. The fourth-order valence-electron chi connectivity index (χ4n) is 2.77. The van der Waals surface area contributed by atoms with E-state index >= 15 is 0 Å². The normalized spacial score (nSPS) is 11.0. The molecule has 0 fully saturated rings. The average Bonchev–Trinajstić information content (AvgIpc) is 3.11. The Morgan fingerprint density at radius 2 is 2.04 bits per heavy atom. The summed E-state index contributed by atoms with van der Waals surface area (Å²) in [4.78, 5) is 4.47. The lowest BCUT2D eigenvalue weighted by molar-refractivity contribution is 0.582. The summed E-state index contributed by atoms with van der Waals surface area (Å²) < 4.78 is 3.95. The van der Waals surface area contributed by atoms with Crippen LogP contribution in [0, 0.1) is 13.8 Å². The van der Waals surface area contributed by atoms with Crippen molar-refractivity contribution in [3.8, 4) is 11.4 Å². The van der Waals surface area contributed by atoms with Gasteiger partial charge in [-0.2, -0.15) is 5.10 Å². The highest BCUT2D eigenvalue weighted by molar-refractivity contribution is 5.56. The van der Waals surface area contributed by atoms with Crippen LogP contribution in [0.4, 0.5) is 5.82 Å². The van der Waals surface area contributed by atoms with Gasteiger partial charge >= 0.3 is 0 Å². The van der Waals surface area contributed by atoms with E-state index in [9.17, 15) is 0 Å². The lowest BCUT2D eigenvalue weighted by Gasteiger charge is -2.08. The third-order valence-corrected chi connectivity index (χ3v) is 4.15. The molecule has 0 radical (unpaired) electrons. The first-order valence-corrected chi connectivity index (χ1v) is 8.17. The van der Waals surface area contributed by atoms with Crippen molar-refractivity contribution in [2.45, 2.75) is 40.3 Å². The van der Waals surface area contributed by atoms with Gasteiger partial charge in [-0.3, -0.25) is 4.68 Å². The molecule has 0 unspecified atom stereocenters. The number of pyridine rings is 1. The van der Waals surface area contributed by atoms with Crippen LogP contribution in [-0.4, -0.2) is 29.5 Å². The van der Waals surface area contributed by atoms with Crippen LogP contribution >= 0.6 is 0 Å². The van der Waals surface area contributed by atoms with E-state index in [4.69, 9.17) is 0 Å². The predicted octanol–water partition coefficient (Wildman–Crippen LogP) is 2.71. The maximum Gasteiger partial charge on any atom is 0.165 e. The Morgan fingerprint density at radius 1 is 1.21 bits per heavy atom. The van der Waals surface area contributed by atoms with Crippen molar-refractivity contribution in [2.24, 2.45) is 7.05 Å². The smallest absolute Gasteiger partial charge is 0.165 e. The van der Waals surface area contributed by atoms with E-state index < -0.39 is 0 Å². The van der Waals surface area contributed by atoms with Gasteiger partial charge in [0.15, 0.2) is 5.82 Å². The van der Waals surface area contributed by atoms with Crippen LogP contribution in [0.25, 0.3) is 11.4 Å². The number of anilines is 1. The molecule has 126 valence electrons. The van der Waals surface area contributed by atoms with E-state index in [1.54, 1.807) is 6.33 Å². The molecule has 7 nitrogen and oxygen atoms in total. The average molecular weight is 325 g/mol. The maximum absolute atomic E-state index is 4.61. The largest absolute Gasteiger partial charge is 0.366 e. The molecule has 0 aromatic carbocycles. The Labute approximate surface area is 141 Å². The molecular weight excluding hydrogens is 302 g/mol. The van der Waals surface area contributed by atoms with Crippen LogP contribution in [0.1, 0.15) is 30.3 Å². The van der Waals surface area contributed by atoms with Gasteiger partial charge < -0.3 is 9.88 Å². The fourth-order valence-corrected chi connectivity index (χ4v) is 2.77. The third kappa shape index (κ3) is 3.15. The Hall–Kier alpha value is -2.70. The minimum atomic E-state index is 0.720. The highest BCUT2D eigenvalue weighted by atomic mass is 15.3. The Morgan fingerprint density at radius 3 is 2.67 bits per heavy atom. The molecule has 3 aromatic rings. The zero-order chi connectivity index (χ0) is 17.1. The molecule has 0 saturated heterocycles. The van der Waals surface area contributed by atoms with Gasteiger partial charge in [-0.05, 0) is 32.4 Å². The minimum absolute atomic E-state index is 0.720. The molecule has 0 atom stereocenters. The van der Waals surface area contributed by atoms with Crippen LogP contribution in [-0.2, 0) is 20.1 Å². The molecule has 0 aliphatic carbocycles. The molecule has 0 aliphatic heterocycles. The Balaban J connectivity index is 1.70. The SMILES string of the molecule is CCCn1nc(C)c(CNc2ccc(-c3nncn3C)cn2)c1C.